The zero-order chi connectivity index (χ0) is 16.6. The lowest BCUT2D eigenvalue weighted by Crippen LogP contribution is -2.50. The van der Waals surface area contributed by atoms with Crippen LogP contribution in [-0.4, -0.2) is 41.1 Å². The lowest BCUT2D eigenvalue weighted by molar-refractivity contribution is -0.140. The van der Waals surface area contributed by atoms with Crippen LogP contribution in [0.2, 0.25) is 0 Å². The van der Waals surface area contributed by atoms with Gasteiger partial charge in [-0.2, -0.15) is 0 Å². The van der Waals surface area contributed by atoms with Crippen molar-refractivity contribution in [2.75, 3.05) is 13.6 Å². The van der Waals surface area contributed by atoms with Gasteiger partial charge in [0.15, 0.2) is 11.6 Å². The third-order valence-corrected chi connectivity index (χ3v) is 5.10. The average Bonchev–Trinajstić information content (AvgIpc) is 3.10. The number of aliphatic hydroxyl groups is 1. The molecule has 1 aromatic carbocycles. The van der Waals surface area contributed by atoms with E-state index in [4.69, 9.17) is 0 Å². The summed E-state index contributed by atoms with van der Waals surface area (Å²) in [5.41, 5.74) is -0.646. The van der Waals surface area contributed by atoms with E-state index in [0.717, 1.165) is 25.5 Å². The van der Waals surface area contributed by atoms with E-state index in [9.17, 15) is 18.7 Å². The Morgan fingerprint density at radius 2 is 2.00 bits per heavy atom. The Balaban J connectivity index is 1.78. The van der Waals surface area contributed by atoms with E-state index in [-0.39, 0.29) is 18.0 Å². The van der Waals surface area contributed by atoms with E-state index in [1.165, 1.54) is 6.07 Å². The quantitative estimate of drug-likeness (QED) is 0.896. The smallest absolute Gasteiger partial charge is 0.252 e. The number of nitrogens with one attached hydrogen (secondary N) is 1. The van der Waals surface area contributed by atoms with Gasteiger partial charge in [0.25, 0.3) is 5.91 Å². The number of halogens is 2. The summed E-state index contributed by atoms with van der Waals surface area (Å²) in [6.45, 7) is 0.743. The van der Waals surface area contributed by atoms with Gasteiger partial charge in [0.2, 0.25) is 0 Å². The highest BCUT2D eigenvalue weighted by molar-refractivity contribution is 5.85. The molecule has 0 spiro atoms. The zero-order valence-electron chi connectivity index (χ0n) is 13.2. The first-order valence-electron chi connectivity index (χ1n) is 8.09. The van der Waals surface area contributed by atoms with Gasteiger partial charge in [-0.1, -0.05) is 6.07 Å². The predicted molar refractivity (Wildman–Crippen MR) is 81.7 cm³/mol. The highest BCUT2D eigenvalue weighted by atomic mass is 19.2. The maximum absolute atomic E-state index is 13.5. The number of amides is 1. The molecule has 6 heteroatoms. The number of likely N-dealkylation sites (N-methyl/N-ethyl adjacent to an activating group) is 1. The fourth-order valence-corrected chi connectivity index (χ4v) is 3.77. The Hall–Kier alpha value is -1.53. The molecule has 2 N–H and O–H groups in total. The van der Waals surface area contributed by atoms with Crippen molar-refractivity contribution >= 4 is 5.91 Å². The summed E-state index contributed by atoms with van der Waals surface area (Å²) >= 11 is 0. The second kappa shape index (κ2) is 6.17. The van der Waals surface area contributed by atoms with Gasteiger partial charge in [0.1, 0.15) is 5.60 Å². The van der Waals surface area contributed by atoms with Gasteiger partial charge in [-0.15, -0.1) is 0 Å². The highest BCUT2D eigenvalue weighted by Gasteiger charge is 2.42. The Labute approximate surface area is 134 Å². The number of hydrogen-bond donors (Lipinski definition) is 2. The van der Waals surface area contributed by atoms with E-state index in [2.05, 4.69) is 5.32 Å². The SMILES string of the molecule is CN1CC[C@@H](NC(=O)C2(O)CCCC2)[C@@H]1c1ccc(F)c(F)c1. The number of hydrogen-bond acceptors (Lipinski definition) is 3. The van der Waals surface area contributed by atoms with Crippen LogP contribution in [0.25, 0.3) is 0 Å². The summed E-state index contributed by atoms with van der Waals surface area (Å²) < 4.78 is 26.7. The molecule has 2 atom stereocenters. The fraction of sp³-hybridized carbons (Fsp3) is 0.588. The molecule has 1 saturated heterocycles. The van der Waals surface area contributed by atoms with E-state index < -0.39 is 17.2 Å². The molecule has 2 fully saturated rings. The molecule has 1 heterocycles. The number of benzene rings is 1. The first kappa shape index (κ1) is 16.3. The summed E-state index contributed by atoms with van der Waals surface area (Å²) in [5.74, 6) is -2.11. The monoisotopic (exact) mass is 324 g/mol. The van der Waals surface area contributed by atoms with Gasteiger partial charge in [0.05, 0.1) is 6.04 Å². The van der Waals surface area contributed by atoms with Crippen molar-refractivity contribution in [3.63, 3.8) is 0 Å². The first-order chi connectivity index (χ1) is 10.9. The second-order valence-corrected chi connectivity index (χ2v) is 6.71. The first-order valence-corrected chi connectivity index (χ1v) is 8.09. The van der Waals surface area contributed by atoms with E-state index in [1.807, 2.05) is 11.9 Å². The van der Waals surface area contributed by atoms with Crippen LogP contribution in [0.1, 0.15) is 43.7 Å². The molecule has 1 saturated carbocycles. The maximum Gasteiger partial charge on any atom is 0.252 e. The van der Waals surface area contributed by atoms with Crippen LogP contribution in [-0.2, 0) is 4.79 Å². The molecule has 0 bridgehead atoms. The zero-order valence-corrected chi connectivity index (χ0v) is 13.2. The van der Waals surface area contributed by atoms with Gasteiger partial charge < -0.3 is 10.4 Å². The predicted octanol–water partition coefficient (Wildman–Crippen LogP) is 2.13. The van der Waals surface area contributed by atoms with Crippen molar-refractivity contribution in [1.82, 2.24) is 10.2 Å². The standard InChI is InChI=1S/C17H22F2N2O2/c1-21-9-6-14(20-16(22)17(23)7-2-3-8-17)15(21)11-4-5-12(18)13(19)10-11/h4-5,10,14-15,23H,2-3,6-9H2,1H3,(H,20,22)/t14-,15+/m1/s1. The third-order valence-electron chi connectivity index (χ3n) is 5.10. The highest BCUT2D eigenvalue weighted by Crippen LogP contribution is 2.34. The van der Waals surface area contributed by atoms with Crippen LogP contribution >= 0.6 is 0 Å². The summed E-state index contributed by atoms with van der Waals surface area (Å²) in [4.78, 5) is 14.4. The molecule has 1 aromatic rings. The Morgan fingerprint density at radius 3 is 2.65 bits per heavy atom. The molecular formula is C17H22F2N2O2. The van der Waals surface area contributed by atoms with Crippen LogP contribution in [0, 0.1) is 11.6 Å². The molecule has 1 aliphatic carbocycles. The Kier molecular flexibility index (Phi) is 4.38. The van der Waals surface area contributed by atoms with Crippen LogP contribution < -0.4 is 5.32 Å². The Morgan fingerprint density at radius 1 is 1.30 bits per heavy atom. The molecule has 126 valence electrons. The third kappa shape index (κ3) is 3.10. The number of rotatable bonds is 3. The summed E-state index contributed by atoms with van der Waals surface area (Å²) in [6.07, 6.45) is 3.37. The van der Waals surface area contributed by atoms with Crippen molar-refractivity contribution in [1.29, 1.82) is 0 Å². The number of nitrogens with zero attached hydrogens (tertiary/aromatic N) is 1. The van der Waals surface area contributed by atoms with Crippen molar-refractivity contribution in [3.8, 4) is 0 Å². The minimum atomic E-state index is -1.28. The van der Waals surface area contributed by atoms with Crippen molar-refractivity contribution in [3.05, 3.63) is 35.4 Å². The molecule has 3 rings (SSSR count). The molecule has 4 nitrogen and oxygen atoms in total. The Bertz CT molecular complexity index is 602. The van der Waals surface area contributed by atoms with Gasteiger partial charge in [-0.05, 0) is 56.8 Å². The lowest BCUT2D eigenvalue weighted by atomic mass is 9.97. The van der Waals surface area contributed by atoms with Crippen LogP contribution in [0.4, 0.5) is 8.78 Å². The van der Waals surface area contributed by atoms with E-state index >= 15 is 0 Å². The van der Waals surface area contributed by atoms with Gasteiger partial charge in [-0.25, -0.2) is 8.78 Å². The summed E-state index contributed by atoms with van der Waals surface area (Å²) in [6, 6.07) is 3.40. The minimum Gasteiger partial charge on any atom is -0.380 e. The van der Waals surface area contributed by atoms with E-state index in [1.54, 1.807) is 6.07 Å². The summed E-state index contributed by atoms with van der Waals surface area (Å²) in [5, 5.41) is 13.3. The molecular weight excluding hydrogens is 302 g/mol. The van der Waals surface area contributed by atoms with Crippen molar-refractivity contribution in [2.45, 2.75) is 49.8 Å². The number of likely N-dealkylation sites (tertiary alicyclic amines) is 1. The molecule has 0 aromatic heterocycles. The molecule has 0 radical (unpaired) electrons. The van der Waals surface area contributed by atoms with E-state index in [0.29, 0.717) is 24.8 Å². The van der Waals surface area contributed by atoms with Gasteiger partial charge >= 0.3 is 0 Å². The topological polar surface area (TPSA) is 52.6 Å². The van der Waals surface area contributed by atoms with Gasteiger partial charge in [-0.3, -0.25) is 9.69 Å². The number of carbonyl (C=O) groups is 1. The molecule has 1 amide bonds. The summed E-state index contributed by atoms with van der Waals surface area (Å²) in [7, 11) is 1.89. The molecule has 23 heavy (non-hydrogen) atoms. The number of carbonyl (C=O) groups excluding carboxylic acids is 1. The molecule has 2 aliphatic rings. The fourth-order valence-electron chi connectivity index (χ4n) is 3.77. The average molecular weight is 324 g/mol. The minimum absolute atomic E-state index is 0.220. The van der Waals surface area contributed by atoms with Crippen molar-refractivity contribution in [2.24, 2.45) is 0 Å². The largest absolute Gasteiger partial charge is 0.380 e. The van der Waals surface area contributed by atoms with Gasteiger partial charge in [0, 0.05) is 12.6 Å². The van der Waals surface area contributed by atoms with Crippen LogP contribution in [0.3, 0.4) is 0 Å². The molecule has 0 unspecified atom stereocenters. The maximum atomic E-state index is 13.5. The second-order valence-electron chi connectivity index (χ2n) is 6.71. The van der Waals surface area contributed by atoms with Crippen LogP contribution in [0.15, 0.2) is 18.2 Å². The van der Waals surface area contributed by atoms with Crippen LogP contribution in [0.5, 0.6) is 0 Å². The normalized spacial score (nSPS) is 27.3. The molecule has 1 aliphatic heterocycles. The van der Waals surface area contributed by atoms with Crippen molar-refractivity contribution < 1.29 is 18.7 Å². The lowest BCUT2D eigenvalue weighted by Gasteiger charge is -2.29.